The van der Waals surface area contributed by atoms with E-state index in [1.165, 1.54) is 0 Å². The second-order valence-electron chi connectivity index (χ2n) is 3.43. The highest BCUT2D eigenvalue weighted by Gasteiger charge is 2.03. The van der Waals surface area contributed by atoms with Crippen molar-refractivity contribution in [1.29, 1.82) is 0 Å². The molecule has 0 saturated carbocycles. The first-order valence-corrected chi connectivity index (χ1v) is 6.26. The fourth-order valence-electron chi connectivity index (χ4n) is 1.40. The first-order chi connectivity index (χ1) is 8.75. The molecule has 4 nitrogen and oxygen atoms in total. The van der Waals surface area contributed by atoms with Gasteiger partial charge in [-0.3, -0.25) is 9.55 Å². The van der Waals surface area contributed by atoms with Crippen LogP contribution in [0.15, 0.2) is 59.6 Å². The van der Waals surface area contributed by atoms with E-state index in [9.17, 15) is 4.21 Å². The van der Waals surface area contributed by atoms with Crippen molar-refractivity contribution < 1.29 is 12.9 Å². The second-order valence-corrected chi connectivity index (χ2v) is 4.03. The van der Waals surface area contributed by atoms with Crippen molar-refractivity contribution >= 4 is 23.3 Å². The Hall–Kier alpha value is -1.98. The number of hydrogen-bond donors (Lipinski definition) is 1. The van der Waals surface area contributed by atoms with E-state index in [0.29, 0.717) is 11.3 Å². The SMILES string of the molecule is O=S(O)Oc1ccccc1C=Nc1ccccc1. The molecular formula is C13H11NO3S. The molecule has 92 valence electrons. The third kappa shape index (κ3) is 3.51. The number of nitrogens with zero attached hydrogens (tertiary/aromatic N) is 1. The summed E-state index contributed by atoms with van der Waals surface area (Å²) in [4.78, 5) is 4.26. The highest BCUT2D eigenvalue weighted by molar-refractivity contribution is 7.74. The molecule has 18 heavy (non-hydrogen) atoms. The molecule has 0 fully saturated rings. The van der Waals surface area contributed by atoms with Gasteiger partial charge in [-0.05, 0) is 24.3 Å². The Morgan fingerprint density at radius 1 is 1.06 bits per heavy atom. The molecular weight excluding hydrogens is 250 g/mol. The van der Waals surface area contributed by atoms with E-state index in [-0.39, 0.29) is 0 Å². The number of rotatable bonds is 4. The summed E-state index contributed by atoms with van der Waals surface area (Å²) in [6, 6.07) is 16.3. The van der Waals surface area contributed by atoms with Crippen LogP contribution in [0.25, 0.3) is 0 Å². The van der Waals surface area contributed by atoms with Gasteiger partial charge in [0.05, 0.1) is 5.69 Å². The Morgan fingerprint density at radius 2 is 1.72 bits per heavy atom. The first kappa shape index (κ1) is 12.5. The van der Waals surface area contributed by atoms with Gasteiger partial charge in [-0.25, -0.2) is 0 Å². The Labute approximate surface area is 107 Å². The van der Waals surface area contributed by atoms with Gasteiger partial charge in [0.2, 0.25) is 0 Å². The number of hydrogen-bond acceptors (Lipinski definition) is 3. The molecule has 0 heterocycles. The van der Waals surface area contributed by atoms with Crippen molar-refractivity contribution in [3.63, 3.8) is 0 Å². The smallest absolute Gasteiger partial charge is 0.357 e. The maximum absolute atomic E-state index is 10.6. The lowest BCUT2D eigenvalue weighted by Crippen LogP contribution is -2.00. The van der Waals surface area contributed by atoms with Crippen LogP contribution in [-0.2, 0) is 11.4 Å². The van der Waals surface area contributed by atoms with Crippen molar-refractivity contribution in [2.75, 3.05) is 0 Å². The van der Waals surface area contributed by atoms with Crippen molar-refractivity contribution in [3.8, 4) is 5.75 Å². The van der Waals surface area contributed by atoms with Crippen LogP contribution in [0.5, 0.6) is 5.75 Å². The predicted molar refractivity (Wildman–Crippen MR) is 71.5 cm³/mol. The van der Waals surface area contributed by atoms with E-state index in [2.05, 4.69) is 4.99 Å². The molecule has 0 aliphatic rings. The van der Waals surface area contributed by atoms with Crippen LogP contribution in [0.4, 0.5) is 5.69 Å². The van der Waals surface area contributed by atoms with Crippen molar-refractivity contribution in [1.82, 2.24) is 0 Å². The van der Waals surface area contributed by atoms with Crippen LogP contribution in [0, 0.1) is 0 Å². The zero-order chi connectivity index (χ0) is 12.8. The van der Waals surface area contributed by atoms with Crippen molar-refractivity contribution in [2.45, 2.75) is 0 Å². The lowest BCUT2D eigenvalue weighted by molar-refractivity contribution is 0.457. The van der Waals surface area contributed by atoms with E-state index in [1.54, 1.807) is 30.5 Å². The van der Waals surface area contributed by atoms with Crippen LogP contribution in [-0.4, -0.2) is 15.0 Å². The molecule has 1 atom stereocenters. The summed E-state index contributed by atoms with van der Waals surface area (Å²) >= 11 is -2.34. The molecule has 0 aliphatic heterocycles. The first-order valence-electron chi connectivity index (χ1n) is 5.23. The van der Waals surface area contributed by atoms with Gasteiger partial charge in [0.25, 0.3) is 0 Å². The second kappa shape index (κ2) is 6.09. The minimum atomic E-state index is -2.34. The van der Waals surface area contributed by atoms with Gasteiger partial charge >= 0.3 is 11.4 Å². The van der Waals surface area contributed by atoms with Gasteiger partial charge in [-0.1, -0.05) is 30.3 Å². The van der Waals surface area contributed by atoms with Gasteiger partial charge < -0.3 is 4.18 Å². The van der Waals surface area contributed by atoms with Gasteiger partial charge in [0.15, 0.2) is 5.75 Å². The van der Waals surface area contributed by atoms with Gasteiger partial charge in [0.1, 0.15) is 0 Å². The maximum atomic E-state index is 10.6. The molecule has 0 aromatic heterocycles. The minimum absolute atomic E-state index is 0.318. The van der Waals surface area contributed by atoms with Gasteiger partial charge in [-0.2, -0.15) is 4.21 Å². The fourth-order valence-corrected chi connectivity index (χ4v) is 1.70. The largest absolute Gasteiger partial charge is 0.379 e. The molecule has 1 N–H and O–H groups in total. The summed E-state index contributed by atoms with van der Waals surface area (Å²) in [6.45, 7) is 0. The third-order valence-corrected chi connectivity index (χ3v) is 2.51. The highest BCUT2D eigenvalue weighted by atomic mass is 32.2. The molecule has 0 bridgehead atoms. The average molecular weight is 261 g/mol. The zero-order valence-corrected chi connectivity index (χ0v) is 10.2. The molecule has 2 rings (SSSR count). The maximum Gasteiger partial charge on any atom is 0.357 e. The number of para-hydroxylation sites is 2. The van der Waals surface area contributed by atoms with Crippen LogP contribution < -0.4 is 4.18 Å². The Bertz CT molecular complexity index is 569. The summed E-state index contributed by atoms with van der Waals surface area (Å²) in [5, 5.41) is 0. The summed E-state index contributed by atoms with van der Waals surface area (Å²) in [5.74, 6) is 0.318. The summed E-state index contributed by atoms with van der Waals surface area (Å²) in [6.07, 6.45) is 1.59. The molecule has 5 heteroatoms. The highest BCUT2D eigenvalue weighted by Crippen LogP contribution is 2.18. The zero-order valence-electron chi connectivity index (χ0n) is 9.39. The molecule has 0 amide bonds. The summed E-state index contributed by atoms with van der Waals surface area (Å²) in [7, 11) is 0. The van der Waals surface area contributed by atoms with E-state index >= 15 is 0 Å². The Balaban J connectivity index is 2.23. The predicted octanol–water partition coefficient (Wildman–Crippen LogP) is 2.95. The minimum Gasteiger partial charge on any atom is -0.379 e. The van der Waals surface area contributed by atoms with Crippen molar-refractivity contribution in [3.05, 3.63) is 60.2 Å². The fraction of sp³-hybridized carbons (Fsp3) is 0. The molecule has 0 saturated heterocycles. The average Bonchev–Trinajstić information content (AvgIpc) is 2.38. The van der Waals surface area contributed by atoms with Crippen LogP contribution in [0.2, 0.25) is 0 Å². The van der Waals surface area contributed by atoms with Crippen molar-refractivity contribution in [2.24, 2.45) is 4.99 Å². The molecule has 2 aromatic carbocycles. The molecule has 0 spiro atoms. The molecule has 0 radical (unpaired) electrons. The van der Waals surface area contributed by atoms with Gasteiger partial charge in [0, 0.05) is 11.8 Å². The molecule has 0 aliphatic carbocycles. The van der Waals surface area contributed by atoms with Crippen LogP contribution in [0.1, 0.15) is 5.56 Å². The third-order valence-electron chi connectivity index (χ3n) is 2.19. The van der Waals surface area contributed by atoms with E-state index < -0.39 is 11.4 Å². The standard InChI is InChI=1S/C13H11NO3S/c15-18(16)17-13-9-5-4-6-11(13)10-14-12-7-2-1-3-8-12/h1-10H,(H,15,16). The lowest BCUT2D eigenvalue weighted by Gasteiger charge is -2.03. The summed E-state index contributed by atoms with van der Waals surface area (Å²) < 4.78 is 24.1. The quantitative estimate of drug-likeness (QED) is 0.680. The Morgan fingerprint density at radius 3 is 2.44 bits per heavy atom. The van der Waals surface area contributed by atoms with Crippen LogP contribution >= 0.6 is 0 Å². The Kier molecular flexibility index (Phi) is 4.22. The summed E-state index contributed by atoms with van der Waals surface area (Å²) in [5.41, 5.74) is 1.45. The monoisotopic (exact) mass is 261 g/mol. The number of aliphatic imine (C=N–C) groups is 1. The van der Waals surface area contributed by atoms with E-state index in [1.807, 2.05) is 30.3 Å². The van der Waals surface area contributed by atoms with Crippen LogP contribution in [0.3, 0.4) is 0 Å². The normalized spacial score (nSPS) is 12.5. The molecule has 1 unspecified atom stereocenters. The topological polar surface area (TPSA) is 58.9 Å². The van der Waals surface area contributed by atoms with E-state index in [4.69, 9.17) is 8.74 Å². The van der Waals surface area contributed by atoms with Gasteiger partial charge in [-0.15, -0.1) is 0 Å². The van der Waals surface area contributed by atoms with E-state index in [0.717, 1.165) is 5.69 Å². The molecule has 2 aromatic rings. The number of benzene rings is 2. The lowest BCUT2D eigenvalue weighted by atomic mass is 10.2.